The molecule has 3 heteroatoms. The van der Waals surface area contributed by atoms with E-state index >= 15 is 0 Å². The fraction of sp³-hybridized carbons (Fsp3) is 0. The second-order valence-electron chi connectivity index (χ2n) is 1.58. The summed E-state index contributed by atoms with van der Waals surface area (Å²) in [7, 11) is 0.897. The van der Waals surface area contributed by atoms with Crippen molar-refractivity contribution in [1.29, 1.82) is 0 Å². The second kappa shape index (κ2) is 2.60. The monoisotopic (exact) mass is 139 g/mol. The third kappa shape index (κ3) is 1.51. The van der Waals surface area contributed by atoms with Crippen LogP contribution in [-0.2, 0) is 0 Å². The van der Waals surface area contributed by atoms with Gasteiger partial charge in [0.1, 0.15) is 0 Å². The molecule has 0 saturated carbocycles. The molecule has 0 aromatic carbocycles. The summed E-state index contributed by atoms with van der Waals surface area (Å²) in [6.07, 6.45) is 0. The summed E-state index contributed by atoms with van der Waals surface area (Å²) in [6, 6.07) is 5.41. The Hall–Kier alpha value is -0.880. The van der Waals surface area contributed by atoms with E-state index in [1.807, 2.05) is 11.9 Å². The minimum atomic E-state index is -0.336. The third-order valence-corrected chi connectivity index (χ3v) is 1.89. The molecule has 0 atom stereocenters. The standard InChI is InChI=1S/C6H6NOP/c7-6(8)5-3-1-2-4-9-5/h1-4H,(H2,7,8). The summed E-state index contributed by atoms with van der Waals surface area (Å²) in [4.78, 5) is 10.4. The van der Waals surface area contributed by atoms with Crippen molar-refractivity contribution in [2.45, 2.75) is 0 Å². The van der Waals surface area contributed by atoms with E-state index in [0.717, 1.165) is 8.19 Å². The van der Waals surface area contributed by atoms with Crippen LogP contribution in [0.15, 0.2) is 24.0 Å². The highest BCUT2D eigenvalue weighted by Gasteiger charge is 1.94. The average molecular weight is 139 g/mol. The van der Waals surface area contributed by atoms with Gasteiger partial charge >= 0.3 is 0 Å². The Kier molecular flexibility index (Phi) is 1.81. The van der Waals surface area contributed by atoms with Gasteiger partial charge in [0.25, 0.3) is 5.91 Å². The molecule has 1 amide bonds. The lowest BCUT2D eigenvalue weighted by atomic mass is 10.4. The van der Waals surface area contributed by atoms with Crippen molar-refractivity contribution in [1.82, 2.24) is 0 Å². The third-order valence-electron chi connectivity index (χ3n) is 0.917. The Balaban J connectivity index is 2.98. The van der Waals surface area contributed by atoms with Gasteiger partial charge in [-0.15, -0.1) is 0 Å². The molecule has 1 aromatic heterocycles. The summed E-state index contributed by atoms with van der Waals surface area (Å²) in [5.41, 5.74) is 5.00. The Labute approximate surface area is 54.8 Å². The van der Waals surface area contributed by atoms with Crippen LogP contribution in [0.4, 0.5) is 0 Å². The van der Waals surface area contributed by atoms with Gasteiger partial charge in [0.05, 0.1) is 5.30 Å². The van der Waals surface area contributed by atoms with Crippen molar-refractivity contribution in [2.24, 2.45) is 5.73 Å². The van der Waals surface area contributed by atoms with Crippen LogP contribution in [0, 0.1) is 0 Å². The van der Waals surface area contributed by atoms with Crippen molar-refractivity contribution in [3.8, 4) is 0 Å². The number of nitrogens with two attached hydrogens (primary N) is 1. The van der Waals surface area contributed by atoms with E-state index in [4.69, 9.17) is 5.73 Å². The Morgan fingerprint density at radius 3 is 2.67 bits per heavy atom. The molecule has 0 aliphatic carbocycles. The van der Waals surface area contributed by atoms with E-state index in [2.05, 4.69) is 0 Å². The molecule has 1 rings (SSSR count). The molecule has 0 saturated heterocycles. The Bertz CT molecular complexity index is 210. The topological polar surface area (TPSA) is 43.1 Å². The lowest BCUT2D eigenvalue weighted by Crippen LogP contribution is -2.08. The SMILES string of the molecule is NC(=O)c1ccccp1. The first-order valence-electron chi connectivity index (χ1n) is 2.51. The van der Waals surface area contributed by atoms with Crippen molar-refractivity contribution in [3.63, 3.8) is 0 Å². The quantitative estimate of drug-likeness (QED) is 0.627. The number of hydrogen-bond donors (Lipinski definition) is 1. The maximum absolute atomic E-state index is 10.4. The molecule has 0 aliphatic rings. The lowest BCUT2D eigenvalue weighted by molar-refractivity contribution is 0.100. The van der Waals surface area contributed by atoms with Gasteiger partial charge in [-0.1, -0.05) is 20.3 Å². The largest absolute Gasteiger partial charge is 0.365 e. The summed E-state index contributed by atoms with van der Waals surface area (Å²) < 4.78 is 0. The summed E-state index contributed by atoms with van der Waals surface area (Å²) >= 11 is 0. The average Bonchev–Trinajstić information content (AvgIpc) is 1.90. The molecule has 1 aromatic rings. The van der Waals surface area contributed by atoms with Gasteiger partial charge < -0.3 is 5.73 Å². The molecule has 2 nitrogen and oxygen atoms in total. The Morgan fingerprint density at radius 1 is 1.56 bits per heavy atom. The van der Waals surface area contributed by atoms with Gasteiger partial charge in [0.2, 0.25) is 0 Å². The number of rotatable bonds is 1. The molecular weight excluding hydrogens is 133 g/mol. The van der Waals surface area contributed by atoms with Crippen LogP contribution in [0.2, 0.25) is 0 Å². The molecule has 9 heavy (non-hydrogen) atoms. The van der Waals surface area contributed by atoms with Gasteiger partial charge in [-0.3, -0.25) is 4.79 Å². The summed E-state index contributed by atoms with van der Waals surface area (Å²) in [5.74, 6) is 1.54. The van der Waals surface area contributed by atoms with Crippen LogP contribution < -0.4 is 5.73 Å². The first-order chi connectivity index (χ1) is 4.30. The number of carbonyl (C=O) groups excluding carboxylic acids is 1. The van der Waals surface area contributed by atoms with Crippen molar-refractivity contribution in [2.75, 3.05) is 0 Å². The molecule has 0 bridgehead atoms. The molecule has 0 unspecified atom stereocenters. The zero-order chi connectivity index (χ0) is 6.69. The van der Waals surface area contributed by atoms with Crippen molar-refractivity contribution >= 4 is 14.1 Å². The molecule has 0 fully saturated rings. The van der Waals surface area contributed by atoms with Crippen LogP contribution in [0.3, 0.4) is 0 Å². The molecular formula is C6H6NOP. The predicted octanol–water partition coefficient (Wildman–Crippen LogP) is 1.37. The van der Waals surface area contributed by atoms with Crippen LogP contribution in [0.25, 0.3) is 0 Å². The lowest BCUT2D eigenvalue weighted by Gasteiger charge is -1.88. The first kappa shape index (κ1) is 6.24. The minimum absolute atomic E-state index is 0.336. The van der Waals surface area contributed by atoms with E-state index in [1.165, 1.54) is 0 Å². The highest BCUT2D eigenvalue weighted by molar-refractivity contribution is 7.31. The highest BCUT2D eigenvalue weighted by Crippen LogP contribution is 2.10. The van der Waals surface area contributed by atoms with E-state index in [9.17, 15) is 4.79 Å². The number of hydrogen-bond acceptors (Lipinski definition) is 1. The highest BCUT2D eigenvalue weighted by atomic mass is 31.0. The van der Waals surface area contributed by atoms with E-state index in [-0.39, 0.29) is 5.91 Å². The predicted molar refractivity (Wildman–Crippen MR) is 37.5 cm³/mol. The van der Waals surface area contributed by atoms with Gasteiger partial charge in [-0.05, 0) is 11.9 Å². The molecule has 0 aliphatic heterocycles. The summed E-state index contributed by atoms with van der Waals surface area (Å²) in [5, 5.41) is 0.650. The van der Waals surface area contributed by atoms with Gasteiger partial charge in [0.15, 0.2) is 0 Å². The molecule has 46 valence electrons. The number of primary amides is 1. The van der Waals surface area contributed by atoms with Gasteiger partial charge in [0, 0.05) is 0 Å². The van der Waals surface area contributed by atoms with Crippen LogP contribution in [-0.4, -0.2) is 5.91 Å². The zero-order valence-electron chi connectivity index (χ0n) is 4.74. The fourth-order valence-electron chi connectivity index (χ4n) is 0.509. The molecule has 1 heterocycles. The minimum Gasteiger partial charge on any atom is -0.365 e. The van der Waals surface area contributed by atoms with Crippen molar-refractivity contribution < 1.29 is 4.79 Å². The number of amides is 1. The van der Waals surface area contributed by atoms with Crippen LogP contribution in [0.1, 0.15) is 10.1 Å². The molecule has 2 N–H and O–H groups in total. The summed E-state index contributed by atoms with van der Waals surface area (Å²) in [6.45, 7) is 0. The van der Waals surface area contributed by atoms with Crippen LogP contribution in [0.5, 0.6) is 0 Å². The fourth-order valence-corrected chi connectivity index (χ4v) is 1.15. The van der Waals surface area contributed by atoms with E-state index in [1.54, 1.807) is 12.1 Å². The van der Waals surface area contributed by atoms with E-state index in [0.29, 0.717) is 5.30 Å². The van der Waals surface area contributed by atoms with Crippen molar-refractivity contribution in [3.05, 3.63) is 29.3 Å². The molecule has 0 radical (unpaired) electrons. The smallest absolute Gasteiger partial charge is 0.253 e. The number of carbonyl (C=O) groups is 1. The zero-order valence-corrected chi connectivity index (χ0v) is 5.64. The normalized spacial score (nSPS) is 9.78. The Morgan fingerprint density at radius 2 is 2.33 bits per heavy atom. The van der Waals surface area contributed by atoms with E-state index < -0.39 is 0 Å². The van der Waals surface area contributed by atoms with Crippen LogP contribution >= 0.6 is 8.19 Å². The molecule has 0 spiro atoms. The first-order valence-corrected chi connectivity index (χ1v) is 3.48. The maximum atomic E-state index is 10.4. The second-order valence-corrected chi connectivity index (χ2v) is 2.62. The van der Waals surface area contributed by atoms with Gasteiger partial charge in [-0.2, -0.15) is 0 Å². The van der Waals surface area contributed by atoms with Gasteiger partial charge in [-0.25, -0.2) is 0 Å². The maximum Gasteiger partial charge on any atom is 0.253 e.